The Kier molecular flexibility index (Phi) is 8.12. The zero-order chi connectivity index (χ0) is 26.3. The molecule has 3 aromatic rings. The monoisotopic (exact) mass is 513 g/mol. The average molecular weight is 514 g/mol. The molecule has 7 heteroatoms. The number of nitrogens with one attached hydrogen (secondary N) is 1. The summed E-state index contributed by atoms with van der Waals surface area (Å²) in [5.41, 5.74) is 2.74. The smallest absolute Gasteiger partial charge is 0.251 e. The van der Waals surface area contributed by atoms with Crippen LogP contribution in [0.5, 0.6) is 11.5 Å². The summed E-state index contributed by atoms with van der Waals surface area (Å²) in [6.45, 7) is 5.44. The number of amides is 2. The maximum Gasteiger partial charge on any atom is 0.251 e. The van der Waals surface area contributed by atoms with Gasteiger partial charge in [-0.25, -0.2) is 0 Å². The first kappa shape index (κ1) is 25.6. The van der Waals surface area contributed by atoms with Gasteiger partial charge in [-0.1, -0.05) is 43.3 Å². The van der Waals surface area contributed by atoms with Crippen molar-refractivity contribution in [3.05, 3.63) is 90.0 Å². The minimum Gasteiger partial charge on any atom is -0.490 e. The number of carbonyl (C=O) groups is 2. The number of hydrogen-bond acceptors (Lipinski definition) is 5. The Bertz CT molecular complexity index is 1220. The number of carbonyl (C=O) groups excluding carboxylic acids is 2. The Morgan fingerprint density at radius 1 is 0.868 bits per heavy atom. The molecule has 2 fully saturated rings. The molecule has 1 saturated heterocycles. The van der Waals surface area contributed by atoms with Crippen LogP contribution in [0.25, 0.3) is 0 Å². The van der Waals surface area contributed by atoms with E-state index < -0.39 is 0 Å². The molecule has 1 heterocycles. The summed E-state index contributed by atoms with van der Waals surface area (Å²) in [4.78, 5) is 29.5. The normalized spacial score (nSPS) is 18.9. The molecule has 1 N–H and O–H groups in total. The first-order chi connectivity index (χ1) is 18.5. The van der Waals surface area contributed by atoms with Gasteiger partial charge >= 0.3 is 0 Å². The van der Waals surface area contributed by atoms with Crippen LogP contribution in [-0.2, 0) is 11.4 Å². The van der Waals surface area contributed by atoms with Crippen LogP contribution in [0.15, 0.2) is 78.9 Å². The summed E-state index contributed by atoms with van der Waals surface area (Å²) in [6.07, 6.45) is 2.33. The van der Waals surface area contributed by atoms with Gasteiger partial charge in [-0.15, -0.1) is 0 Å². The summed E-state index contributed by atoms with van der Waals surface area (Å²) in [5, 5.41) is 2.77. The van der Waals surface area contributed by atoms with Crippen LogP contribution in [0, 0.1) is 5.92 Å². The van der Waals surface area contributed by atoms with Crippen molar-refractivity contribution in [2.24, 2.45) is 5.92 Å². The molecule has 38 heavy (non-hydrogen) atoms. The fourth-order valence-corrected chi connectivity index (χ4v) is 4.91. The van der Waals surface area contributed by atoms with Gasteiger partial charge in [0.1, 0.15) is 18.1 Å². The number of benzene rings is 3. The van der Waals surface area contributed by atoms with Gasteiger partial charge in [0.2, 0.25) is 5.91 Å². The van der Waals surface area contributed by atoms with E-state index in [0.717, 1.165) is 42.9 Å². The molecule has 0 radical (unpaired) electrons. The van der Waals surface area contributed by atoms with Crippen LogP contribution in [0.4, 0.5) is 5.69 Å². The van der Waals surface area contributed by atoms with E-state index in [2.05, 4.69) is 29.3 Å². The zero-order valence-electron chi connectivity index (χ0n) is 21.8. The molecule has 0 aromatic heterocycles. The predicted octanol–water partition coefficient (Wildman–Crippen LogP) is 4.52. The van der Waals surface area contributed by atoms with Gasteiger partial charge < -0.3 is 24.6 Å². The van der Waals surface area contributed by atoms with Gasteiger partial charge in [0.15, 0.2) is 0 Å². The van der Waals surface area contributed by atoms with Gasteiger partial charge in [-0.3, -0.25) is 9.59 Å². The highest BCUT2D eigenvalue weighted by molar-refractivity contribution is 5.96. The molecule has 0 spiro atoms. The molecule has 1 saturated carbocycles. The summed E-state index contributed by atoms with van der Waals surface area (Å²) >= 11 is 0. The third-order valence-electron chi connectivity index (χ3n) is 7.21. The number of rotatable bonds is 9. The first-order valence-corrected chi connectivity index (χ1v) is 13.4. The minimum atomic E-state index is -0.265. The van der Waals surface area contributed by atoms with Gasteiger partial charge in [-0.2, -0.15) is 0 Å². The molecule has 0 bridgehead atoms. The van der Waals surface area contributed by atoms with E-state index in [-0.39, 0.29) is 24.5 Å². The Labute approximate surface area is 224 Å². The lowest BCUT2D eigenvalue weighted by atomic mass is 9.84. The van der Waals surface area contributed by atoms with E-state index in [1.807, 2.05) is 59.5 Å². The lowest BCUT2D eigenvalue weighted by molar-refractivity contribution is -0.130. The third-order valence-corrected chi connectivity index (χ3v) is 7.21. The van der Waals surface area contributed by atoms with E-state index in [9.17, 15) is 9.59 Å². The lowest BCUT2D eigenvalue weighted by Gasteiger charge is -2.36. The summed E-state index contributed by atoms with van der Waals surface area (Å²) < 4.78 is 11.8. The second-order valence-corrected chi connectivity index (χ2v) is 10.2. The number of ether oxygens (including phenoxy) is 2. The molecule has 2 amide bonds. The SMILES string of the molecule is CC1CC(Oc2cccc(C(=O)NCC(=O)N3CCN(c4ccc(OCc5ccccc5)cc4)CC3)c2)C1. The van der Waals surface area contributed by atoms with Crippen molar-refractivity contribution >= 4 is 17.5 Å². The maximum absolute atomic E-state index is 12.8. The molecule has 7 nitrogen and oxygen atoms in total. The highest BCUT2D eigenvalue weighted by Crippen LogP contribution is 2.31. The second-order valence-electron chi connectivity index (χ2n) is 10.2. The van der Waals surface area contributed by atoms with Crippen molar-refractivity contribution in [3.8, 4) is 11.5 Å². The fourth-order valence-electron chi connectivity index (χ4n) is 4.91. The number of nitrogens with zero attached hydrogens (tertiary/aromatic N) is 2. The van der Waals surface area contributed by atoms with Crippen molar-refractivity contribution in [1.29, 1.82) is 0 Å². The predicted molar refractivity (Wildman–Crippen MR) is 148 cm³/mol. The minimum absolute atomic E-state index is 0.0164. The number of hydrogen-bond donors (Lipinski definition) is 1. The highest BCUT2D eigenvalue weighted by Gasteiger charge is 2.27. The average Bonchev–Trinajstić information content (AvgIpc) is 2.95. The topological polar surface area (TPSA) is 71.1 Å². The van der Waals surface area contributed by atoms with Gasteiger partial charge in [0, 0.05) is 37.4 Å². The van der Waals surface area contributed by atoms with Crippen molar-refractivity contribution in [1.82, 2.24) is 10.2 Å². The van der Waals surface area contributed by atoms with Crippen LogP contribution >= 0.6 is 0 Å². The van der Waals surface area contributed by atoms with E-state index in [1.54, 1.807) is 12.1 Å². The molecule has 0 unspecified atom stereocenters. The quantitative estimate of drug-likeness (QED) is 0.456. The van der Waals surface area contributed by atoms with Crippen LogP contribution in [0.2, 0.25) is 0 Å². The molecule has 1 aliphatic heterocycles. The van der Waals surface area contributed by atoms with Crippen LogP contribution in [-0.4, -0.2) is 55.5 Å². The summed E-state index contributed by atoms with van der Waals surface area (Å²) in [6, 6.07) is 25.4. The molecule has 5 rings (SSSR count). The van der Waals surface area contributed by atoms with Crippen molar-refractivity contribution in [2.75, 3.05) is 37.6 Å². The lowest BCUT2D eigenvalue weighted by Crippen LogP contribution is -2.51. The van der Waals surface area contributed by atoms with Gasteiger partial charge in [0.05, 0.1) is 12.6 Å². The summed E-state index contributed by atoms with van der Waals surface area (Å²) in [7, 11) is 0. The van der Waals surface area contributed by atoms with Crippen LogP contribution < -0.4 is 19.7 Å². The molecule has 2 aliphatic rings. The second kappa shape index (κ2) is 12.0. The third kappa shape index (κ3) is 6.65. The zero-order valence-corrected chi connectivity index (χ0v) is 21.8. The van der Waals surface area contributed by atoms with E-state index >= 15 is 0 Å². The van der Waals surface area contributed by atoms with E-state index in [0.29, 0.717) is 36.9 Å². The van der Waals surface area contributed by atoms with Crippen molar-refractivity contribution in [3.63, 3.8) is 0 Å². The van der Waals surface area contributed by atoms with Crippen LogP contribution in [0.1, 0.15) is 35.7 Å². The van der Waals surface area contributed by atoms with E-state index in [1.165, 1.54) is 0 Å². The largest absolute Gasteiger partial charge is 0.490 e. The molecular formula is C31H35N3O4. The summed E-state index contributed by atoms with van der Waals surface area (Å²) in [5.74, 6) is 1.90. The van der Waals surface area contributed by atoms with Crippen molar-refractivity contribution < 1.29 is 19.1 Å². The molecule has 3 aromatic carbocycles. The molecule has 198 valence electrons. The Hall–Kier alpha value is -4.00. The maximum atomic E-state index is 12.8. The van der Waals surface area contributed by atoms with Crippen LogP contribution in [0.3, 0.4) is 0 Å². The Morgan fingerprint density at radius 2 is 1.61 bits per heavy atom. The Balaban J connectivity index is 1.04. The number of piperazine rings is 1. The highest BCUT2D eigenvalue weighted by atomic mass is 16.5. The standard InChI is InChI=1S/C31H35N3O4/c1-23-18-29(19-23)38-28-9-5-8-25(20-28)31(36)32-21-30(35)34-16-14-33(15-17-34)26-10-12-27(13-11-26)37-22-24-6-3-2-4-7-24/h2-13,20,23,29H,14-19,21-22H2,1H3,(H,32,36). The molecule has 0 atom stereocenters. The molecular weight excluding hydrogens is 478 g/mol. The molecule has 1 aliphatic carbocycles. The fraction of sp³-hybridized carbons (Fsp3) is 0.355. The van der Waals surface area contributed by atoms with Gasteiger partial charge in [-0.05, 0) is 66.8 Å². The number of anilines is 1. The first-order valence-electron chi connectivity index (χ1n) is 13.4. The Morgan fingerprint density at radius 3 is 2.32 bits per heavy atom. The van der Waals surface area contributed by atoms with Crippen molar-refractivity contribution in [2.45, 2.75) is 32.5 Å². The van der Waals surface area contributed by atoms with Gasteiger partial charge in [0.25, 0.3) is 5.91 Å². The van der Waals surface area contributed by atoms with E-state index in [4.69, 9.17) is 9.47 Å².